The smallest absolute Gasteiger partial charge is 0.338 e. The molecule has 1 aliphatic heterocycles. The third-order valence-electron chi connectivity index (χ3n) is 5.11. The Kier molecular flexibility index (Phi) is 7.67. The predicted octanol–water partition coefficient (Wildman–Crippen LogP) is 2.36. The predicted molar refractivity (Wildman–Crippen MR) is 123 cm³/mol. The van der Waals surface area contributed by atoms with Gasteiger partial charge in [-0.05, 0) is 36.8 Å². The Morgan fingerprint density at radius 2 is 1.62 bits per heavy atom. The van der Waals surface area contributed by atoms with Crippen molar-refractivity contribution in [2.45, 2.75) is 17.9 Å². The second-order valence-electron chi connectivity index (χ2n) is 7.17. The summed E-state index contributed by atoms with van der Waals surface area (Å²) in [6.07, 6.45) is 0. The fourth-order valence-electron chi connectivity index (χ4n) is 3.60. The van der Waals surface area contributed by atoms with E-state index >= 15 is 0 Å². The first kappa shape index (κ1) is 24.9. The zero-order valence-electron chi connectivity index (χ0n) is 19.2. The van der Waals surface area contributed by atoms with E-state index in [4.69, 9.17) is 18.9 Å². The van der Waals surface area contributed by atoms with Gasteiger partial charge in [0.15, 0.2) is 21.3 Å². The fourth-order valence-corrected chi connectivity index (χ4v) is 4.95. The second-order valence-corrected chi connectivity index (χ2v) is 9.16. The third-order valence-corrected chi connectivity index (χ3v) is 6.77. The summed E-state index contributed by atoms with van der Waals surface area (Å²) in [6.45, 7) is 1.68. The van der Waals surface area contributed by atoms with Gasteiger partial charge in [-0.2, -0.15) is 0 Å². The number of esters is 1. The number of rotatable bonds is 9. The largest absolute Gasteiger partial charge is 0.493 e. The number of sulfone groups is 1. The first-order valence-corrected chi connectivity index (χ1v) is 12.0. The highest BCUT2D eigenvalue weighted by atomic mass is 32.2. The summed E-state index contributed by atoms with van der Waals surface area (Å²) in [7, 11) is 0.428. The van der Waals surface area contributed by atoms with Crippen LogP contribution in [0.3, 0.4) is 0 Å². The van der Waals surface area contributed by atoms with Crippen LogP contribution in [0.1, 0.15) is 18.5 Å². The molecule has 1 atom stereocenters. The molecule has 2 N–H and O–H groups in total. The Labute approximate surface area is 197 Å². The highest BCUT2D eigenvalue weighted by Crippen LogP contribution is 2.41. The minimum absolute atomic E-state index is 0.0461. The van der Waals surface area contributed by atoms with Gasteiger partial charge < -0.3 is 29.6 Å². The summed E-state index contributed by atoms with van der Waals surface area (Å²) in [6, 6.07) is 9.18. The number of urea groups is 1. The number of nitrogens with one attached hydrogen (secondary N) is 2. The van der Waals surface area contributed by atoms with Crippen molar-refractivity contribution in [3.8, 4) is 17.2 Å². The van der Waals surface area contributed by atoms with Gasteiger partial charge in [0.25, 0.3) is 0 Å². The Morgan fingerprint density at radius 3 is 2.15 bits per heavy atom. The number of methoxy groups -OCH3 is 3. The molecule has 2 amide bonds. The van der Waals surface area contributed by atoms with E-state index in [0.29, 0.717) is 22.8 Å². The summed E-state index contributed by atoms with van der Waals surface area (Å²) < 4.78 is 47.4. The van der Waals surface area contributed by atoms with Crippen molar-refractivity contribution in [2.24, 2.45) is 0 Å². The van der Waals surface area contributed by atoms with E-state index in [1.807, 2.05) is 0 Å². The van der Waals surface area contributed by atoms with Gasteiger partial charge in [-0.3, -0.25) is 0 Å². The van der Waals surface area contributed by atoms with Gasteiger partial charge in [0.1, 0.15) is 0 Å². The lowest BCUT2D eigenvalue weighted by atomic mass is 9.95. The summed E-state index contributed by atoms with van der Waals surface area (Å²) in [5, 5.41) is 5.14. The van der Waals surface area contributed by atoms with Crippen molar-refractivity contribution >= 4 is 21.8 Å². The third kappa shape index (κ3) is 5.09. The average molecular weight is 491 g/mol. The van der Waals surface area contributed by atoms with Crippen LogP contribution in [0.25, 0.3) is 0 Å². The molecule has 0 spiro atoms. The van der Waals surface area contributed by atoms with Gasteiger partial charge in [0.05, 0.1) is 50.2 Å². The van der Waals surface area contributed by atoms with Gasteiger partial charge in [-0.1, -0.05) is 18.2 Å². The molecule has 0 fully saturated rings. The van der Waals surface area contributed by atoms with Gasteiger partial charge in [-0.25, -0.2) is 18.0 Å². The maximum Gasteiger partial charge on any atom is 0.338 e. The minimum atomic E-state index is -3.88. The van der Waals surface area contributed by atoms with Crippen LogP contribution in [0, 0.1) is 0 Å². The summed E-state index contributed by atoms with van der Waals surface area (Å²) in [5.74, 6) is -0.466. The number of hydrogen-bond acceptors (Lipinski definition) is 8. The van der Waals surface area contributed by atoms with E-state index < -0.39 is 33.6 Å². The number of amides is 2. The quantitative estimate of drug-likeness (QED) is 0.513. The van der Waals surface area contributed by atoms with E-state index in [1.165, 1.54) is 33.5 Å². The van der Waals surface area contributed by atoms with Crippen LogP contribution >= 0.6 is 0 Å². The first-order valence-electron chi connectivity index (χ1n) is 10.3. The molecule has 0 aromatic heterocycles. The SMILES string of the molecule is CCOC(=O)C1=C(CS(=O)(=O)c2ccccc2)NC(=O)NC1c1cc(OC)c(OC)c(OC)c1. The number of ether oxygens (including phenoxy) is 4. The maximum absolute atomic E-state index is 13.0. The number of benzene rings is 2. The zero-order valence-corrected chi connectivity index (χ0v) is 20.0. The maximum atomic E-state index is 13.0. The van der Waals surface area contributed by atoms with Crippen LogP contribution in [-0.4, -0.2) is 54.1 Å². The van der Waals surface area contributed by atoms with E-state index in [0.717, 1.165) is 0 Å². The molecule has 2 aromatic rings. The van der Waals surface area contributed by atoms with Crippen molar-refractivity contribution in [1.82, 2.24) is 10.6 Å². The van der Waals surface area contributed by atoms with Crippen LogP contribution in [0.15, 0.2) is 58.6 Å². The fraction of sp³-hybridized carbons (Fsp3) is 0.304. The van der Waals surface area contributed by atoms with Crippen LogP contribution in [0.2, 0.25) is 0 Å². The summed E-state index contributed by atoms with van der Waals surface area (Å²) >= 11 is 0. The molecule has 0 aliphatic carbocycles. The minimum Gasteiger partial charge on any atom is -0.493 e. The van der Waals surface area contributed by atoms with Crippen molar-refractivity contribution in [3.05, 3.63) is 59.3 Å². The molecule has 2 aromatic carbocycles. The van der Waals surface area contributed by atoms with Crippen LogP contribution < -0.4 is 24.8 Å². The van der Waals surface area contributed by atoms with Crippen LogP contribution in [-0.2, 0) is 19.4 Å². The molecule has 0 saturated carbocycles. The van der Waals surface area contributed by atoms with Gasteiger partial charge >= 0.3 is 12.0 Å². The van der Waals surface area contributed by atoms with E-state index in [2.05, 4.69) is 10.6 Å². The van der Waals surface area contributed by atoms with Gasteiger partial charge in [0, 0.05) is 5.70 Å². The molecule has 0 radical (unpaired) electrons. The molecular weight excluding hydrogens is 464 g/mol. The lowest BCUT2D eigenvalue weighted by molar-refractivity contribution is -0.139. The summed E-state index contributed by atoms with van der Waals surface area (Å²) in [5.41, 5.74) is 0.280. The van der Waals surface area contributed by atoms with Crippen LogP contribution in [0.4, 0.5) is 4.79 Å². The Bertz CT molecular complexity index is 1180. The van der Waals surface area contributed by atoms with Crippen molar-refractivity contribution < 1.29 is 37.0 Å². The van der Waals surface area contributed by atoms with E-state index in [9.17, 15) is 18.0 Å². The monoisotopic (exact) mass is 490 g/mol. The molecule has 34 heavy (non-hydrogen) atoms. The molecule has 1 heterocycles. The summed E-state index contributed by atoms with van der Waals surface area (Å²) in [4.78, 5) is 25.6. The highest BCUT2D eigenvalue weighted by molar-refractivity contribution is 7.91. The molecule has 0 bridgehead atoms. The molecule has 1 unspecified atom stereocenters. The lowest BCUT2D eigenvalue weighted by Crippen LogP contribution is -2.47. The molecule has 10 nitrogen and oxygen atoms in total. The van der Waals surface area contributed by atoms with Gasteiger partial charge in [0.2, 0.25) is 5.75 Å². The molecule has 1 aliphatic rings. The lowest BCUT2D eigenvalue weighted by Gasteiger charge is -2.30. The Balaban J connectivity index is 2.18. The van der Waals surface area contributed by atoms with Crippen molar-refractivity contribution in [2.75, 3.05) is 33.7 Å². The molecule has 0 saturated heterocycles. The normalized spacial score (nSPS) is 15.8. The number of carbonyl (C=O) groups is 2. The first-order chi connectivity index (χ1) is 16.2. The molecule has 3 rings (SSSR count). The Hall–Kier alpha value is -3.73. The van der Waals surface area contributed by atoms with Crippen molar-refractivity contribution in [1.29, 1.82) is 0 Å². The van der Waals surface area contributed by atoms with Crippen LogP contribution in [0.5, 0.6) is 17.2 Å². The standard InChI is InChI=1S/C23H26N2O8S/c1-5-33-22(26)19-16(13-34(28,29)15-9-7-6-8-10-15)24-23(27)25-20(19)14-11-17(30-2)21(32-4)18(12-14)31-3/h6-12,20H,5,13H2,1-4H3,(H2,24,25,27). The molecule has 11 heteroatoms. The Morgan fingerprint density at radius 1 is 1.00 bits per heavy atom. The van der Waals surface area contributed by atoms with E-state index in [1.54, 1.807) is 37.3 Å². The molecule has 182 valence electrons. The number of hydrogen-bond donors (Lipinski definition) is 2. The topological polar surface area (TPSA) is 129 Å². The number of carbonyl (C=O) groups excluding carboxylic acids is 2. The van der Waals surface area contributed by atoms with E-state index in [-0.39, 0.29) is 22.8 Å². The molecular formula is C23H26N2O8S. The average Bonchev–Trinajstić information content (AvgIpc) is 2.83. The second kappa shape index (κ2) is 10.5. The van der Waals surface area contributed by atoms with Crippen molar-refractivity contribution in [3.63, 3.8) is 0 Å². The van der Waals surface area contributed by atoms with Gasteiger partial charge in [-0.15, -0.1) is 0 Å². The zero-order chi connectivity index (χ0) is 24.9. The highest BCUT2D eigenvalue weighted by Gasteiger charge is 2.36.